The van der Waals surface area contributed by atoms with E-state index >= 15 is 0 Å². The molecule has 6 heteroatoms. The van der Waals surface area contributed by atoms with E-state index in [1.165, 1.54) is 0 Å². The maximum Gasteiger partial charge on any atom is 0.144 e. The van der Waals surface area contributed by atoms with Gasteiger partial charge in [-0.15, -0.1) is 0 Å². The first kappa shape index (κ1) is 13.1. The van der Waals surface area contributed by atoms with Gasteiger partial charge in [0.2, 0.25) is 0 Å². The van der Waals surface area contributed by atoms with Crippen molar-refractivity contribution >= 4 is 45.8 Å². The Morgan fingerprint density at radius 2 is 1.88 bits per heavy atom. The Labute approximate surface area is 123 Å². The molecule has 0 bridgehead atoms. The third-order valence-electron chi connectivity index (χ3n) is 2.45. The van der Waals surface area contributed by atoms with Crippen LogP contribution in [0.25, 0.3) is 0 Å². The van der Waals surface area contributed by atoms with E-state index in [2.05, 4.69) is 4.98 Å². The van der Waals surface area contributed by atoms with Crippen LogP contribution in [-0.4, -0.2) is 14.7 Å². The molecule has 1 aromatic carbocycles. The summed E-state index contributed by atoms with van der Waals surface area (Å²) in [4.78, 5) is 4.24. The highest BCUT2D eigenvalue weighted by Gasteiger charge is 2.19. The van der Waals surface area contributed by atoms with Crippen molar-refractivity contribution in [3.05, 3.63) is 49.5 Å². The monoisotopic (exact) mass is 382 g/mol. The molecule has 2 aromatic rings. The van der Waals surface area contributed by atoms with E-state index < -0.39 is 6.10 Å². The summed E-state index contributed by atoms with van der Waals surface area (Å²) in [6, 6.07) is 7.00. The fraction of sp³-hybridized carbons (Fsp3) is 0.182. The van der Waals surface area contributed by atoms with Crippen LogP contribution >= 0.6 is 45.8 Å². The lowest BCUT2D eigenvalue weighted by Gasteiger charge is -2.11. The van der Waals surface area contributed by atoms with Crippen LogP contribution < -0.4 is 0 Å². The molecule has 0 fully saturated rings. The summed E-state index contributed by atoms with van der Waals surface area (Å²) < 4.78 is 2.34. The normalized spacial score (nSPS) is 12.8. The van der Waals surface area contributed by atoms with Gasteiger partial charge in [-0.25, -0.2) is 4.98 Å². The first-order chi connectivity index (χ1) is 8.00. The number of hydrogen-bond donors (Lipinski definition) is 1. The van der Waals surface area contributed by atoms with Gasteiger partial charge in [0.1, 0.15) is 20.8 Å². The third kappa shape index (κ3) is 2.59. The predicted molar refractivity (Wildman–Crippen MR) is 76.4 cm³/mol. The molecule has 0 radical (unpaired) electrons. The quantitative estimate of drug-likeness (QED) is 0.808. The Bertz CT molecular complexity index is 539. The van der Waals surface area contributed by atoms with E-state index in [0.717, 1.165) is 5.56 Å². The van der Waals surface area contributed by atoms with Crippen molar-refractivity contribution in [1.29, 1.82) is 0 Å². The summed E-state index contributed by atoms with van der Waals surface area (Å²) in [5.41, 5.74) is 0.732. The minimum absolute atomic E-state index is 0.515. The molecule has 0 aliphatic carbocycles. The predicted octanol–water partition coefficient (Wildman–Crippen LogP) is 3.41. The van der Waals surface area contributed by atoms with Gasteiger partial charge < -0.3 is 9.67 Å². The maximum absolute atomic E-state index is 10.2. The van der Waals surface area contributed by atoms with Crippen molar-refractivity contribution in [2.24, 2.45) is 7.05 Å². The van der Waals surface area contributed by atoms with Crippen LogP contribution in [0.3, 0.4) is 0 Å². The Morgan fingerprint density at radius 1 is 1.29 bits per heavy atom. The van der Waals surface area contributed by atoms with Crippen LogP contribution in [-0.2, 0) is 7.05 Å². The number of aromatic nitrogens is 2. The second-order valence-corrected chi connectivity index (χ2v) is 5.38. The van der Waals surface area contributed by atoms with Crippen LogP contribution in [0.1, 0.15) is 17.5 Å². The van der Waals surface area contributed by atoms with E-state index in [4.69, 9.17) is 23.2 Å². The second-order valence-electron chi connectivity index (χ2n) is 3.56. The highest BCUT2D eigenvalue weighted by atomic mass is 127. The zero-order valence-corrected chi connectivity index (χ0v) is 12.5. The van der Waals surface area contributed by atoms with Gasteiger partial charge in [-0.1, -0.05) is 35.3 Å². The topological polar surface area (TPSA) is 38.0 Å². The SMILES string of the molecule is Cn1c([C@H](O)c2ccc(Cl)cc2)nc(I)c1Cl. The average molecular weight is 383 g/mol. The highest BCUT2D eigenvalue weighted by Crippen LogP contribution is 2.27. The standard InChI is InChI=1S/C11H9Cl2IN2O/c1-16-9(13)10(14)15-11(16)8(17)6-2-4-7(12)5-3-6/h2-5,8,17H,1H3/t8-/m1/s1. The summed E-state index contributed by atoms with van der Waals surface area (Å²) in [6.07, 6.45) is -0.807. The highest BCUT2D eigenvalue weighted by molar-refractivity contribution is 14.1. The molecule has 0 aliphatic rings. The van der Waals surface area contributed by atoms with Crippen molar-refractivity contribution in [2.45, 2.75) is 6.10 Å². The molecule has 90 valence electrons. The van der Waals surface area contributed by atoms with E-state index in [1.807, 2.05) is 22.6 Å². The first-order valence-corrected chi connectivity index (χ1v) is 6.65. The number of aliphatic hydroxyl groups is 1. The van der Waals surface area contributed by atoms with Gasteiger partial charge >= 0.3 is 0 Å². The van der Waals surface area contributed by atoms with E-state index in [9.17, 15) is 5.11 Å². The first-order valence-electron chi connectivity index (χ1n) is 4.82. The van der Waals surface area contributed by atoms with Gasteiger partial charge in [0.25, 0.3) is 0 Å². The van der Waals surface area contributed by atoms with E-state index in [-0.39, 0.29) is 0 Å². The Hall–Kier alpha value is -0.300. The van der Waals surface area contributed by atoms with E-state index in [1.54, 1.807) is 35.9 Å². The summed E-state index contributed by atoms with van der Waals surface area (Å²) >= 11 is 13.8. The molecular weight excluding hydrogens is 374 g/mol. The molecule has 1 atom stereocenters. The number of nitrogens with zero attached hydrogens (tertiary/aromatic N) is 2. The Kier molecular flexibility index (Phi) is 3.97. The molecule has 1 heterocycles. The number of hydrogen-bond acceptors (Lipinski definition) is 2. The molecule has 0 amide bonds. The number of aliphatic hydroxyl groups excluding tert-OH is 1. The Balaban J connectivity index is 2.40. The zero-order chi connectivity index (χ0) is 12.6. The lowest BCUT2D eigenvalue weighted by Crippen LogP contribution is -2.07. The van der Waals surface area contributed by atoms with Gasteiger partial charge in [0.15, 0.2) is 0 Å². The number of benzene rings is 1. The lowest BCUT2D eigenvalue weighted by molar-refractivity contribution is 0.206. The molecule has 0 aliphatic heterocycles. The minimum atomic E-state index is -0.807. The summed E-state index contributed by atoms with van der Waals surface area (Å²) in [6.45, 7) is 0. The molecule has 17 heavy (non-hydrogen) atoms. The lowest BCUT2D eigenvalue weighted by atomic mass is 10.1. The van der Waals surface area contributed by atoms with Gasteiger partial charge in [-0.2, -0.15) is 0 Å². The molecular formula is C11H9Cl2IN2O. The van der Waals surface area contributed by atoms with Crippen LogP contribution in [0, 0.1) is 3.70 Å². The molecule has 1 aromatic heterocycles. The largest absolute Gasteiger partial charge is 0.380 e. The zero-order valence-electron chi connectivity index (χ0n) is 8.86. The molecule has 0 spiro atoms. The fourth-order valence-electron chi connectivity index (χ4n) is 1.50. The van der Waals surface area contributed by atoms with Crippen molar-refractivity contribution < 1.29 is 5.11 Å². The van der Waals surface area contributed by atoms with Crippen molar-refractivity contribution in [3.63, 3.8) is 0 Å². The molecule has 0 unspecified atom stereocenters. The van der Waals surface area contributed by atoms with Gasteiger partial charge in [-0.3, -0.25) is 0 Å². The summed E-state index contributed by atoms with van der Waals surface area (Å²) in [7, 11) is 1.77. The molecule has 3 nitrogen and oxygen atoms in total. The third-order valence-corrected chi connectivity index (χ3v) is 4.21. The molecule has 0 saturated heterocycles. The Morgan fingerprint density at radius 3 is 2.35 bits per heavy atom. The van der Waals surface area contributed by atoms with Crippen molar-refractivity contribution in [1.82, 2.24) is 9.55 Å². The number of rotatable bonds is 2. The molecule has 1 N–H and O–H groups in total. The second kappa shape index (κ2) is 5.14. The molecule has 2 rings (SSSR count). The summed E-state index contributed by atoms with van der Waals surface area (Å²) in [5, 5.41) is 11.4. The van der Waals surface area contributed by atoms with Gasteiger partial charge in [0.05, 0.1) is 0 Å². The maximum atomic E-state index is 10.2. The number of imidazole rings is 1. The van der Waals surface area contributed by atoms with Crippen LogP contribution in [0.15, 0.2) is 24.3 Å². The van der Waals surface area contributed by atoms with Crippen LogP contribution in [0.2, 0.25) is 10.2 Å². The van der Waals surface area contributed by atoms with Crippen LogP contribution in [0.5, 0.6) is 0 Å². The molecule has 0 saturated carbocycles. The fourth-order valence-corrected chi connectivity index (χ4v) is 2.36. The van der Waals surface area contributed by atoms with Crippen molar-refractivity contribution in [2.75, 3.05) is 0 Å². The smallest absolute Gasteiger partial charge is 0.144 e. The summed E-state index contributed by atoms with van der Waals surface area (Å²) in [5.74, 6) is 0.515. The van der Waals surface area contributed by atoms with Gasteiger partial charge in [-0.05, 0) is 40.3 Å². The van der Waals surface area contributed by atoms with Crippen LogP contribution in [0.4, 0.5) is 0 Å². The van der Waals surface area contributed by atoms with Crippen molar-refractivity contribution in [3.8, 4) is 0 Å². The van der Waals surface area contributed by atoms with E-state index in [0.29, 0.717) is 19.7 Å². The average Bonchev–Trinajstić information content (AvgIpc) is 2.57. The minimum Gasteiger partial charge on any atom is -0.380 e. The van der Waals surface area contributed by atoms with Gasteiger partial charge in [0, 0.05) is 12.1 Å². The number of halogens is 3.